The molecule has 1 aromatic rings. The summed E-state index contributed by atoms with van der Waals surface area (Å²) in [5, 5.41) is 0. The Bertz CT molecular complexity index is 396. The van der Waals surface area contributed by atoms with Gasteiger partial charge in [-0.25, -0.2) is 0 Å². The molecule has 1 amide bonds. The maximum Gasteiger partial charge on any atom is 0.254 e. The maximum absolute atomic E-state index is 12.0. The number of benzene rings is 1. The van der Waals surface area contributed by atoms with Gasteiger partial charge in [0.05, 0.1) is 0 Å². The molecule has 94 valence electrons. The smallest absolute Gasteiger partial charge is 0.254 e. The molecule has 0 spiro atoms. The van der Waals surface area contributed by atoms with E-state index in [0.29, 0.717) is 0 Å². The first-order valence-corrected chi connectivity index (χ1v) is 6.56. The first kappa shape index (κ1) is 13.8. The molecule has 0 atom stereocenters. The zero-order chi connectivity index (χ0) is 13.0. The monoisotopic (exact) mass is 233 g/mol. The van der Waals surface area contributed by atoms with Gasteiger partial charge in [0, 0.05) is 18.2 Å². The predicted octanol–water partition coefficient (Wildman–Crippen LogP) is 3.64. The fraction of sp³-hybridized carbons (Fsp3) is 0.533. The Balaban J connectivity index is 0.000000686. The van der Waals surface area contributed by atoms with E-state index in [1.807, 2.05) is 24.8 Å². The van der Waals surface area contributed by atoms with Crippen LogP contribution < -0.4 is 0 Å². The van der Waals surface area contributed by atoms with E-state index in [-0.39, 0.29) is 11.9 Å². The summed E-state index contributed by atoms with van der Waals surface area (Å²) in [5.74, 6) is 0.183. The molecule has 0 radical (unpaired) electrons. The molecule has 1 aliphatic heterocycles. The molecule has 2 rings (SSSR count). The van der Waals surface area contributed by atoms with Crippen molar-refractivity contribution in [2.24, 2.45) is 0 Å². The van der Waals surface area contributed by atoms with E-state index in [1.165, 1.54) is 11.1 Å². The van der Waals surface area contributed by atoms with Gasteiger partial charge in [-0.3, -0.25) is 4.79 Å². The van der Waals surface area contributed by atoms with Gasteiger partial charge >= 0.3 is 0 Å². The van der Waals surface area contributed by atoms with E-state index in [0.717, 1.165) is 18.5 Å². The zero-order valence-electron chi connectivity index (χ0n) is 11.6. The minimum Gasteiger partial charge on any atom is -0.332 e. The number of carbonyl (C=O) groups is 1. The highest BCUT2D eigenvalue weighted by Gasteiger charge is 2.28. The van der Waals surface area contributed by atoms with E-state index in [9.17, 15) is 4.79 Å². The van der Waals surface area contributed by atoms with Gasteiger partial charge in [0.1, 0.15) is 0 Å². The minimum atomic E-state index is 0.183. The fourth-order valence-electron chi connectivity index (χ4n) is 2.03. The van der Waals surface area contributed by atoms with Crippen LogP contribution in [-0.2, 0) is 13.0 Å². The SMILES string of the molecule is CC.CCc1ccc2c(c1)CN(C(C)C)C2=O. The van der Waals surface area contributed by atoms with Crippen molar-refractivity contribution in [1.29, 1.82) is 0 Å². The summed E-state index contributed by atoms with van der Waals surface area (Å²) in [6.07, 6.45) is 1.03. The number of rotatable bonds is 2. The van der Waals surface area contributed by atoms with E-state index in [4.69, 9.17) is 0 Å². The van der Waals surface area contributed by atoms with Crippen molar-refractivity contribution < 1.29 is 4.79 Å². The first-order chi connectivity index (χ1) is 8.13. The standard InChI is InChI=1S/C13H17NO.C2H6/c1-4-10-5-6-12-11(7-10)8-14(9(2)3)13(12)15;1-2/h5-7,9H,4,8H2,1-3H3;1-2H3. The van der Waals surface area contributed by atoms with E-state index in [1.54, 1.807) is 0 Å². The summed E-state index contributed by atoms with van der Waals surface area (Å²) >= 11 is 0. The molecule has 2 nitrogen and oxygen atoms in total. The van der Waals surface area contributed by atoms with Gasteiger partial charge in [0.2, 0.25) is 0 Å². The molecule has 0 N–H and O–H groups in total. The average Bonchev–Trinajstić information content (AvgIpc) is 2.69. The van der Waals surface area contributed by atoms with Crippen LogP contribution in [0.25, 0.3) is 0 Å². The second-order valence-electron chi connectivity index (χ2n) is 4.37. The molecule has 0 saturated carbocycles. The molecule has 0 saturated heterocycles. The number of hydrogen-bond donors (Lipinski definition) is 0. The highest BCUT2D eigenvalue weighted by atomic mass is 16.2. The van der Waals surface area contributed by atoms with Crippen molar-refractivity contribution in [1.82, 2.24) is 4.90 Å². The summed E-state index contributed by atoms with van der Waals surface area (Å²) in [7, 11) is 0. The topological polar surface area (TPSA) is 20.3 Å². The van der Waals surface area contributed by atoms with Crippen molar-refractivity contribution in [3.8, 4) is 0 Å². The third-order valence-electron chi connectivity index (χ3n) is 3.03. The lowest BCUT2D eigenvalue weighted by Gasteiger charge is -2.19. The van der Waals surface area contributed by atoms with Crippen LogP contribution >= 0.6 is 0 Å². The number of aryl methyl sites for hydroxylation is 1. The third-order valence-corrected chi connectivity index (χ3v) is 3.03. The van der Waals surface area contributed by atoms with Crippen molar-refractivity contribution in [3.63, 3.8) is 0 Å². The lowest BCUT2D eigenvalue weighted by molar-refractivity contribution is 0.0730. The van der Waals surface area contributed by atoms with Gasteiger partial charge in [0.15, 0.2) is 0 Å². The molecular formula is C15H23NO. The first-order valence-electron chi connectivity index (χ1n) is 6.56. The van der Waals surface area contributed by atoms with Crippen LogP contribution in [0, 0.1) is 0 Å². The number of fused-ring (bicyclic) bond motifs is 1. The lowest BCUT2D eigenvalue weighted by atomic mass is 10.0. The van der Waals surface area contributed by atoms with Crippen LogP contribution in [0.4, 0.5) is 0 Å². The quantitative estimate of drug-likeness (QED) is 0.763. The Morgan fingerprint density at radius 3 is 2.47 bits per heavy atom. The van der Waals surface area contributed by atoms with Gasteiger partial charge in [-0.2, -0.15) is 0 Å². The highest BCUT2D eigenvalue weighted by Crippen LogP contribution is 2.25. The largest absolute Gasteiger partial charge is 0.332 e. The Kier molecular flexibility index (Phi) is 4.73. The zero-order valence-corrected chi connectivity index (χ0v) is 11.6. The Morgan fingerprint density at radius 2 is 1.94 bits per heavy atom. The van der Waals surface area contributed by atoms with Crippen LogP contribution in [0.3, 0.4) is 0 Å². The molecule has 17 heavy (non-hydrogen) atoms. The predicted molar refractivity (Wildman–Crippen MR) is 72.2 cm³/mol. The third kappa shape index (κ3) is 2.68. The van der Waals surface area contributed by atoms with Crippen LogP contribution in [0.5, 0.6) is 0 Å². The summed E-state index contributed by atoms with van der Waals surface area (Å²) in [6, 6.07) is 6.48. The molecule has 0 bridgehead atoms. The summed E-state index contributed by atoms with van der Waals surface area (Å²) in [6.45, 7) is 11.0. The second-order valence-corrected chi connectivity index (χ2v) is 4.37. The van der Waals surface area contributed by atoms with Crippen LogP contribution in [0.1, 0.15) is 56.1 Å². The number of nitrogens with zero attached hydrogens (tertiary/aromatic N) is 1. The Morgan fingerprint density at radius 1 is 1.29 bits per heavy atom. The summed E-state index contributed by atoms with van der Waals surface area (Å²) in [4.78, 5) is 13.9. The van der Waals surface area contributed by atoms with Gasteiger partial charge < -0.3 is 4.90 Å². The number of hydrogen-bond acceptors (Lipinski definition) is 1. The second kappa shape index (κ2) is 5.85. The van der Waals surface area contributed by atoms with E-state index >= 15 is 0 Å². The van der Waals surface area contributed by atoms with Crippen LogP contribution in [0.2, 0.25) is 0 Å². The van der Waals surface area contributed by atoms with Crippen molar-refractivity contribution in [2.45, 2.75) is 53.6 Å². The molecule has 1 aromatic carbocycles. The van der Waals surface area contributed by atoms with Crippen molar-refractivity contribution in [2.75, 3.05) is 0 Å². The highest BCUT2D eigenvalue weighted by molar-refractivity contribution is 5.98. The Hall–Kier alpha value is -1.31. The molecule has 0 fully saturated rings. The van der Waals surface area contributed by atoms with Crippen molar-refractivity contribution in [3.05, 3.63) is 34.9 Å². The van der Waals surface area contributed by atoms with Gasteiger partial charge in [-0.1, -0.05) is 32.9 Å². The molecule has 0 aliphatic carbocycles. The lowest BCUT2D eigenvalue weighted by Crippen LogP contribution is -2.30. The minimum absolute atomic E-state index is 0.183. The molecular weight excluding hydrogens is 210 g/mol. The number of carbonyl (C=O) groups excluding carboxylic acids is 1. The van der Waals surface area contributed by atoms with Crippen molar-refractivity contribution >= 4 is 5.91 Å². The molecule has 1 heterocycles. The van der Waals surface area contributed by atoms with Crippen LogP contribution in [-0.4, -0.2) is 16.8 Å². The fourth-order valence-corrected chi connectivity index (χ4v) is 2.03. The average molecular weight is 233 g/mol. The number of amides is 1. The van der Waals surface area contributed by atoms with Gasteiger partial charge in [-0.05, 0) is 37.5 Å². The maximum atomic E-state index is 12.0. The normalized spacial score (nSPS) is 13.5. The molecule has 0 aromatic heterocycles. The molecule has 0 unspecified atom stereocenters. The summed E-state index contributed by atoms with van der Waals surface area (Å²) in [5.41, 5.74) is 3.39. The van der Waals surface area contributed by atoms with E-state index in [2.05, 4.69) is 32.9 Å². The molecule has 1 aliphatic rings. The van der Waals surface area contributed by atoms with Gasteiger partial charge in [-0.15, -0.1) is 0 Å². The molecule has 2 heteroatoms. The van der Waals surface area contributed by atoms with E-state index < -0.39 is 0 Å². The van der Waals surface area contributed by atoms with Crippen LogP contribution in [0.15, 0.2) is 18.2 Å². The Labute approximate surface area is 105 Å². The van der Waals surface area contributed by atoms with Gasteiger partial charge in [0.25, 0.3) is 5.91 Å². The summed E-state index contributed by atoms with van der Waals surface area (Å²) < 4.78 is 0.